The van der Waals surface area contributed by atoms with Crippen LogP contribution in [0.3, 0.4) is 0 Å². The van der Waals surface area contributed by atoms with Crippen LogP contribution in [0.2, 0.25) is 0 Å². The van der Waals surface area contributed by atoms with Crippen molar-refractivity contribution in [3.05, 3.63) is 76.9 Å². The van der Waals surface area contributed by atoms with Gasteiger partial charge in [0.25, 0.3) is 12.2 Å². The molecule has 1 aliphatic heterocycles. The largest absolute Gasteiger partial charge is 0.462 e. The Bertz CT molecular complexity index is 1180. The van der Waals surface area contributed by atoms with E-state index in [9.17, 15) is 19.3 Å². The summed E-state index contributed by atoms with van der Waals surface area (Å²) in [6.45, 7) is 9.76. The van der Waals surface area contributed by atoms with Crippen LogP contribution in [0.5, 0.6) is 11.5 Å². The number of aromatic nitrogens is 1. The summed E-state index contributed by atoms with van der Waals surface area (Å²) in [5.74, 6) is -0.459. The number of carbonyl (C=O) groups is 1. The Balaban J connectivity index is 0.000000454. The molecule has 4 rings (SSSR count). The van der Waals surface area contributed by atoms with Gasteiger partial charge in [-0.1, -0.05) is 12.1 Å². The lowest BCUT2D eigenvalue weighted by molar-refractivity contribution is -0.385. The summed E-state index contributed by atoms with van der Waals surface area (Å²) in [6.07, 6.45) is 3.20. The molecule has 0 aliphatic carbocycles. The van der Waals surface area contributed by atoms with E-state index in [1.165, 1.54) is 12.1 Å². The van der Waals surface area contributed by atoms with Gasteiger partial charge in [0.05, 0.1) is 11.0 Å². The van der Waals surface area contributed by atoms with E-state index in [4.69, 9.17) is 4.74 Å². The third-order valence-corrected chi connectivity index (χ3v) is 5.19. The molecule has 0 unspecified atom stereocenters. The Labute approximate surface area is 209 Å². The molecular weight excluding hydrogens is 467 g/mol. The average Bonchev–Trinajstić information content (AvgIpc) is 2.86. The van der Waals surface area contributed by atoms with Gasteiger partial charge >= 0.3 is 0 Å². The first kappa shape index (κ1) is 26.6. The Kier molecular flexibility index (Phi) is 8.91. The average molecular weight is 497 g/mol. The van der Waals surface area contributed by atoms with Crippen LogP contribution in [0, 0.1) is 15.9 Å². The van der Waals surface area contributed by atoms with Crippen molar-refractivity contribution in [2.45, 2.75) is 26.4 Å². The minimum atomic E-state index is -0.795. The van der Waals surface area contributed by atoms with Gasteiger partial charge < -0.3 is 19.7 Å². The highest BCUT2D eigenvalue weighted by atomic mass is 19.1. The second-order valence-corrected chi connectivity index (χ2v) is 8.96. The molecule has 36 heavy (non-hydrogen) atoms. The highest BCUT2D eigenvalue weighted by Gasteiger charge is 2.15. The third-order valence-electron chi connectivity index (χ3n) is 5.19. The smallest absolute Gasteiger partial charge is 0.293 e. The van der Waals surface area contributed by atoms with Crippen molar-refractivity contribution in [1.29, 1.82) is 0 Å². The summed E-state index contributed by atoms with van der Waals surface area (Å²) in [7, 11) is 0. The molecule has 0 atom stereocenters. The number of benzene rings is 2. The fraction of sp³-hybridized carbons (Fsp3) is 0.308. The number of ether oxygens (including phenoxy) is 2. The van der Waals surface area contributed by atoms with Crippen LogP contribution >= 0.6 is 0 Å². The zero-order chi connectivity index (χ0) is 26.1. The number of nitro benzene ring substituents is 1. The molecule has 1 aliphatic rings. The number of nitrogens with one attached hydrogen (secondary N) is 1. The van der Waals surface area contributed by atoms with E-state index in [1.807, 2.05) is 45.0 Å². The second-order valence-electron chi connectivity index (χ2n) is 8.96. The number of pyridine rings is 1. The van der Waals surface area contributed by atoms with Gasteiger partial charge in [0.2, 0.25) is 0 Å². The molecule has 3 aromatic rings. The van der Waals surface area contributed by atoms with E-state index in [2.05, 4.69) is 19.9 Å². The Morgan fingerprint density at radius 3 is 2.33 bits per heavy atom. The summed E-state index contributed by atoms with van der Waals surface area (Å²) < 4.78 is 24.5. The van der Waals surface area contributed by atoms with E-state index in [1.54, 1.807) is 18.5 Å². The molecule has 190 valence electrons. The first-order valence-electron chi connectivity index (χ1n) is 11.4. The molecule has 2 aromatic carbocycles. The van der Waals surface area contributed by atoms with Crippen LogP contribution in [0.25, 0.3) is 11.1 Å². The van der Waals surface area contributed by atoms with Crippen molar-refractivity contribution in [1.82, 2.24) is 10.3 Å². The van der Waals surface area contributed by atoms with E-state index in [0.717, 1.165) is 43.5 Å². The zero-order valence-electron chi connectivity index (χ0n) is 20.4. The van der Waals surface area contributed by atoms with Crippen molar-refractivity contribution in [2.75, 3.05) is 31.1 Å². The Hall–Kier alpha value is -4.05. The van der Waals surface area contributed by atoms with E-state index in [-0.39, 0.29) is 17.0 Å². The van der Waals surface area contributed by atoms with Gasteiger partial charge in [0, 0.05) is 55.9 Å². The van der Waals surface area contributed by atoms with Gasteiger partial charge in [0.1, 0.15) is 11.4 Å². The topological polar surface area (TPSA) is 107 Å². The number of non-ortho nitro benzene ring substituents is 1. The van der Waals surface area contributed by atoms with Crippen LogP contribution in [0.4, 0.5) is 15.8 Å². The number of hydrogen-bond acceptors (Lipinski definition) is 8. The van der Waals surface area contributed by atoms with Crippen molar-refractivity contribution in [3.63, 3.8) is 0 Å². The molecule has 10 heteroatoms. The molecule has 2 heterocycles. The van der Waals surface area contributed by atoms with E-state index in [0.29, 0.717) is 17.8 Å². The highest BCUT2D eigenvalue weighted by molar-refractivity contribution is 5.71. The lowest BCUT2D eigenvalue weighted by atomic mass is 10.1. The van der Waals surface area contributed by atoms with Gasteiger partial charge in [-0.2, -0.15) is 0 Å². The normalized spacial score (nSPS) is 13.3. The number of carbonyl (C=O) groups excluding carboxylic acids is 1. The summed E-state index contributed by atoms with van der Waals surface area (Å²) in [4.78, 5) is 26.2. The number of piperazine rings is 1. The third kappa shape index (κ3) is 7.47. The van der Waals surface area contributed by atoms with Gasteiger partial charge in [-0.15, -0.1) is 0 Å². The number of hydrogen-bond donors (Lipinski definition) is 1. The molecule has 1 N–H and O–H groups in total. The maximum Gasteiger partial charge on any atom is 0.293 e. The first-order chi connectivity index (χ1) is 17.2. The molecule has 1 saturated heterocycles. The second kappa shape index (κ2) is 12.1. The van der Waals surface area contributed by atoms with Crippen LogP contribution in [0.1, 0.15) is 20.8 Å². The summed E-state index contributed by atoms with van der Waals surface area (Å²) >= 11 is 0. The van der Waals surface area contributed by atoms with Gasteiger partial charge in [0.15, 0.2) is 11.6 Å². The Morgan fingerprint density at radius 1 is 1.08 bits per heavy atom. The summed E-state index contributed by atoms with van der Waals surface area (Å²) in [5, 5.41) is 14.1. The lowest BCUT2D eigenvalue weighted by Crippen LogP contribution is -2.43. The fourth-order valence-electron chi connectivity index (χ4n) is 3.41. The molecule has 0 bridgehead atoms. The van der Waals surface area contributed by atoms with Crippen LogP contribution in [0.15, 0.2) is 60.9 Å². The number of nitro groups is 1. The lowest BCUT2D eigenvalue weighted by Gasteiger charge is -2.29. The van der Waals surface area contributed by atoms with Gasteiger partial charge in [-0.25, -0.2) is 4.39 Å². The van der Waals surface area contributed by atoms with E-state index < -0.39 is 10.7 Å². The predicted octanol–water partition coefficient (Wildman–Crippen LogP) is 4.96. The van der Waals surface area contributed by atoms with Gasteiger partial charge in [-0.05, 0) is 50.6 Å². The number of nitrogens with zero attached hydrogens (tertiary/aromatic N) is 3. The molecule has 1 fully saturated rings. The van der Waals surface area contributed by atoms with Crippen molar-refractivity contribution in [2.24, 2.45) is 0 Å². The summed E-state index contributed by atoms with van der Waals surface area (Å²) in [6, 6.07) is 13.0. The van der Waals surface area contributed by atoms with Crippen LogP contribution in [-0.4, -0.2) is 48.2 Å². The molecule has 0 radical (unpaired) electrons. The molecule has 0 spiro atoms. The molecule has 1 aromatic heterocycles. The summed E-state index contributed by atoms with van der Waals surface area (Å²) in [5.41, 5.74) is 2.09. The van der Waals surface area contributed by atoms with Crippen LogP contribution < -0.4 is 15.0 Å². The Morgan fingerprint density at radius 2 is 1.78 bits per heavy atom. The minimum Gasteiger partial charge on any atom is -0.462 e. The van der Waals surface area contributed by atoms with Crippen molar-refractivity contribution in [3.8, 4) is 22.6 Å². The van der Waals surface area contributed by atoms with Crippen LogP contribution in [-0.2, 0) is 9.53 Å². The van der Waals surface area contributed by atoms with Gasteiger partial charge in [-0.3, -0.25) is 19.9 Å². The maximum absolute atomic E-state index is 14.2. The molecule has 0 amide bonds. The standard InChI is InChI=1S/C21H19FN4O3.C5H10O2/c22-19-13-17(26(27)28)5-6-21(19)29-20-7-8-24-14-18(20)15-1-3-16(4-2-15)25-11-9-23-10-12-25;1-5(2,3)7-4-6/h1-8,13-14,23H,9-12H2;4H,1-3H3. The van der Waals surface area contributed by atoms with Crippen molar-refractivity contribution < 1.29 is 23.6 Å². The van der Waals surface area contributed by atoms with Crippen molar-refractivity contribution >= 4 is 17.8 Å². The quantitative estimate of drug-likeness (QED) is 0.290. The first-order valence-corrected chi connectivity index (χ1v) is 11.4. The van der Waals surface area contributed by atoms with E-state index >= 15 is 0 Å². The molecule has 9 nitrogen and oxygen atoms in total. The SMILES string of the molecule is CC(C)(C)OC=O.O=[N+]([O-])c1ccc(Oc2ccncc2-c2ccc(N3CCNCC3)cc2)c(F)c1. The number of rotatable bonds is 6. The molecule has 0 saturated carbocycles. The predicted molar refractivity (Wildman–Crippen MR) is 135 cm³/mol. The number of halogens is 1. The fourth-order valence-corrected chi connectivity index (χ4v) is 3.41. The minimum absolute atomic E-state index is 0.0829. The monoisotopic (exact) mass is 496 g/mol. The maximum atomic E-state index is 14.2. The zero-order valence-corrected chi connectivity index (χ0v) is 20.4. The highest BCUT2D eigenvalue weighted by Crippen LogP contribution is 2.35. The molecular formula is C26H29FN4O5. The number of anilines is 1.